The van der Waals surface area contributed by atoms with Gasteiger partial charge in [0, 0.05) is 18.3 Å². The Balaban J connectivity index is 2.30. The third-order valence-electron chi connectivity index (χ3n) is 2.47. The fourth-order valence-corrected chi connectivity index (χ4v) is 1.64. The van der Waals surface area contributed by atoms with Gasteiger partial charge in [0.05, 0.1) is 0 Å². The Morgan fingerprint density at radius 1 is 1.22 bits per heavy atom. The largest absolute Gasteiger partial charge is 0.370 e. The predicted molar refractivity (Wildman–Crippen MR) is 70.2 cm³/mol. The molecule has 0 aliphatic carbocycles. The topological polar surface area (TPSA) is 79.4 Å². The van der Waals surface area contributed by atoms with Crippen molar-refractivity contribution in [1.82, 2.24) is 25.1 Å². The lowest BCUT2D eigenvalue weighted by Gasteiger charge is -2.07. The second kappa shape index (κ2) is 6.09. The lowest BCUT2D eigenvalue weighted by Crippen LogP contribution is -2.06. The van der Waals surface area contributed by atoms with Crippen LogP contribution in [-0.4, -0.2) is 31.7 Å². The molecule has 0 amide bonds. The number of rotatable bonds is 6. The van der Waals surface area contributed by atoms with Crippen LogP contribution in [0.1, 0.15) is 32.4 Å². The molecule has 0 aromatic carbocycles. The van der Waals surface area contributed by atoms with Crippen LogP contribution in [0.3, 0.4) is 0 Å². The first-order chi connectivity index (χ1) is 8.83. The number of nitrogens with zero attached hydrogens (tertiary/aromatic N) is 4. The average Bonchev–Trinajstić information content (AvgIpc) is 2.90. The molecule has 2 heterocycles. The number of hydrogen-bond donors (Lipinski definition) is 2. The van der Waals surface area contributed by atoms with Gasteiger partial charge in [0.25, 0.3) is 0 Å². The maximum atomic E-state index is 4.49. The van der Waals surface area contributed by atoms with Crippen LogP contribution >= 0.6 is 0 Å². The van der Waals surface area contributed by atoms with Gasteiger partial charge in [-0.05, 0) is 12.8 Å². The van der Waals surface area contributed by atoms with Crippen molar-refractivity contribution in [2.45, 2.75) is 33.1 Å². The van der Waals surface area contributed by atoms with Gasteiger partial charge < -0.3 is 5.32 Å². The summed E-state index contributed by atoms with van der Waals surface area (Å²) in [6.45, 7) is 5.16. The quantitative estimate of drug-likeness (QED) is 0.815. The maximum absolute atomic E-state index is 4.49. The van der Waals surface area contributed by atoms with Crippen molar-refractivity contribution in [3.63, 3.8) is 0 Å². The molecule has 0 aliphatic heterocycles. The molecule has 2 aromatic rings. The summed E-state index contributed by atoms with van der Waals surface area (Å²) in [5, 5.41) is 9.90. The fourth-order valence-electron chi connectivity index (χ4n) is 1.64. The molecule has 0 saturated heterocycles. The number of H-pyrrole nitrogens is 1. The van der Waals surface area contributed by atoms with E-state index in [1.54, 1.807) is 0 Å². The van der Waals surface area contributed by atoms with E-state index in [1.165, 1.54) is 6.33 Å². The molecule has 6 heteroatoms. The van der Waals surface area contributed by atoms with Gasteiger partial charge in [-0.2, -0.15) is 5.10 Å². The molecule has 0 fully saturated rings. The van der Waals surface area contributed by atoms with E-state index in [9.17, 15) is 0 Å². The van der Waals surface area contributed by atoms with E-state index in [0.717, 1.165) is 37.3 Å². The Morgan fingerprint density at radius 2 is 2.11 bits per heavy atom. The van der Waals surface area contributed by atoms with Crippen molar-refractivity contribution >= 4 is 5.82 Å². The van der Waals surface area contributed by atoms with Crippen LogP contribution in [0.25, 0.3) is 11.6 Å². The molecule has 0 saturated carbocycles. The number of hydrogen-bond acceptors (Lipinski definition) is 5. The Hall–Kier alpha value is -1.98. The van der Waals surface area contributed by atoms with Gasteiger partial charge in [-0.3, -0.25) is 5.10 Å². The number of nitrogens with one attached hydrogen (secondary N) is 2. The minimum absolute atomic E-state index is 0.594. The molecular formula is C12H18N6. The van der Waals surface area contributed by atoms with Crippen molar-refractivity contribution in [3.05, 3.63) is 18.1 Å². The van der Waals surface area contributed by atoms with E-state index in [1.807, 2.05) is 6.07 Å². The van der Waals surface area contributed by atoms with E-state index in [2.05, 4.69) is 44.3 Å². The molecule has 18 heavy (non-hydrogen) atoms. The minimum Gasteiger partial charge on any atom is -0.370 e. The first kappa shape index (κ1) is 12.5. The van der Waals surface area contributed by atoms with Gasteiger partial charge in [-0.1, -0.05) is 20.3 Å². The molecule has 2 aromatic heterocycles. The van der Waals surface area contributed by atoms with Crippen LogP contribution in [0.2, 0.25) is 0 Å². The van der Waals surface area contributed by atoms with Crippen LogP contribution in [0.4, 0.5) is 5.82 Å². The van der Waals surface area contributed by atoms with Crippen LogP contribution < -0.4 is 5.32 Å². The second-order valence-corrected chi connectivity index (χ2v) is 4.08. The zero-order valence-electron chi connectivity index (χ0n) is 10.8. The fraction of sp³-hybridized carbons (Fsp3) is 0.500. The van der Waals surface area contributed by atoms with Crippen molar-refractivity contribution in [2.75, 3.05) is 11.9 Å². The summed E-state index contributed by atoms with van der Waals surface area (Å²) in [4.78, 5) is 13.0. The summed E-state index contributed by atoms with van der Waals surface area (Å²) in [7, 11) is 0. The Kier molecular flexibility index (Phi) is 4.22. The Morgan fingerprint density at radius 3 is 2.78 bits per heavy atom. The highest BCUT2D eigenvalue weighted by molar-refractivity contribution is 5.48. The van der Waals surface area contributed by atoms with Gasteiger partial charge in [0.1, 0.15) is 12.1 Å². The van der Waals surface area contributed by atoms with Gasteiger partial charge >= 0.3 is 0 Å². The SMILES string of the molecule is CCCNc1cc(CCC)nc(-c2ncn[nH]2)n1. The number of aryl methyl sites for hydroxylation is 1. The normalized spacial score (nSPS) is 10.6. The first-order valence-electron chi connectivity index (χ1n) is 6.31. The van der Waals surface area contributed by atoms with Crippen LogP contribution in [-0.2, 0) is 6.42 Å². The molecule has 2 rings (SSSR count). The summed E-state index contributed by atoms with van der Waals surface area (Å²) in [5.41, 5.74) is 1.03. The maximum Gasteiger partial charge on any atom is 0.199 e. The standard InChI is InChI=1S/C12H18N6/c1-3-5-9-7-10(13-6-4-2)17-12(16-9)11-14-8-15-18-11/h7-8H,3-6H2,1-2H3,(H,13,16,17)(H,14,15,18). The van der Waals surface area contributed by atoms with Crippen LogP contribution in [0.5, 0.6) is 0 Å². The monoisotopic (exact) mass is 246 g/mol. The lowest BCUT2D eigenvalue weighted by molar-refractivity contribution is 0.869. The third kappa shape index (κ3) is 3.03. The van der Waals surface area contributed by atoms with E-state index >= 15 is 0 Å². The van der Waals surface area contributed by atoms with E-state index in [-0.39, 0.29) is 0 Å². The highest BCUT2D eigenvalue weighted by Gasteiger charge is 2.08. The van der Waals surface area contributed by atoms with E-state index in [4.69, 9.17) is 0 Å². The number of anilines is 1. The third-order valence-corrected chi connectivity index (χ3v) is 2.47. The number of aromatic nitrogens is 5. The van der Waals surface area contributed by atoms with E-state index in [0.29, 0.717) is 11.6 Å². The Bertz CT molecular complexity index is 479. The molecule has 0 bridgehead atoms. The van der Waals surface area contributed by atoms with Gasteiger partial charge in [0.15, 0.2) is 11.6 Å². The van der Waals surface area contributed by atoms with Crippen molar-refractivity contribution in [2.24, 2.45) is 0 Å². The summed E-state index contributed by atoms with van der Waals surface area (Å²) in [5.74, 6) is 2.05. The van der Waals surface area contributed by atoms with Crippen molar-refractivity contribution in [3.8, 4) is 11.6 Å². The second-order valence-electron chi connectivity index (χ2n) is 4.08. The van der Waals surface area contributed by atoms with Gasteiger partial charge in [-0.25, -0.2) is 15.0 Å². The van der Waals surface area contributed by atoms with Gasteiger partial charge in [-0.15, -0.1) is 0 Å². The van der Waals surface area contributed by atoms with Crippen molar-refractivity contribution < 1.29 is 0 Å². The molecule has 6 nitrogen and oxygen atoms in total. The van der Waals surface area contributed by atoms with Crippen LogP contribution in [0.15, 0.2) is 12.4 Å². The number of aromatic amines is 1. The van der Waals surface area contributed by atoms with Crippen LogP contribution in [0, 0.1) is 0 Å². The minimum atomic E-state index is 0.594. The summed E-state index contributed by atoms with van der Waals surface area (Å²) >= 11 is 0. The van der Waals surface area contributed by atoms with E-state index < -0.39 is 0 Å². The smallest absolute Gasteiger partial charge is 0.199 e. The predicted octanol–water partition coefficient (Wildman–Crippen LogP) is 2.04. The highest BCUT2D eigenvalue weighted by atomic mass is 15.2. The highest BCUT2D eigenvalue weighted by Crippen LogP contribution is 2.14. The molecule has 0 spiro atoms. The first-order valence-corrected chi connectivity index (χ1v) is 6.31. The molecule has 96 valence electrons. The zero-order chi connectivity index (χ0) is 12.8. The molecule has 0 radical (unpaired) electrons. The molecule has 0 aliphatic rings. The summed E-state index contributed by atoms with van der Waals surface area (Å²) < 4.78 is 0. The molecular weight excluding hydrogens is 228 g/mol. The lowest BCUT2D eigenvalue weighted by atomic mass is 10.2. The summed E-state index contributed by atoms with van der Waals surface area (Å²) in [6.07, 6.45) is 4.51. The summed E-state index contributed by atoms with van der Waals surface area (Å²) in [6, 6.07) is 2.00. The molecule has 2 N–H and O–H groups in total. The Labute approximate surface area is 106 Å². The van der Waals surface area contributed by atoms with Crippen molar-refractivity contribution in [1.29, 1.82) is 0 Å². The zero-order valence-corrected chi connectivity index (χ0v) is 10.8. The molecule has 0 atom stereocenters. The van der Waals surface area contributed by atoms with Gasteiger partial charge in [0.2, 0.25) is 0 Å². The molecule has 0 unspecified atom stereocenters. The average molecular weight is 246 g/mol.